The third-order valence-corrected chi connectivity index (χ3v) is 5.18. The molecule has 0 radical (unpaired) electrons. The van der Waals surface area contributed by atoms with Gasteiger partial charge in [-0.05, 0) is 57.6 Å². The molecule has 6 nitrogen and oxygen atoms in total. The fourth-order valence-corrected chi connectivity index (χ4v) is 3.75. The number of alkyl halides is 1. The second-order valence-electron chi connectivity index (χ2n) is 8.53. The smallest absolute Gasteiger partial charge is 0.410 e. The molecule has 7 heteroatoms. The first kappa shape index (κ1) is 22.0. The molecule has 0 bridgehead atoms. The largest absolute Gasteiger partial charge is 0.444 e. The lowest BCUT2D eigenvalue weighted by Gasteiger charge is -2.26. The molecule has 1 aliphatic heterocycles. The summed E-state index contributed by atoms with van der Waals surface area (Å²) >= 11 is 2.42. The Morgan fingerprint density at radius 3 is 2.74 bits per heavy atom. The first-order valence-electron chi connectivity index (χ1n) is 9.68. The van der Waals surface area contributed by atoms with Crippen LogP contribution in [0, 0.1) is 5.92 Å². The summed E-state index contributed by atoms with van der Waals surface area (Å²) in [6.45, 7) is 11.5. The van der Waals surface area contributed by atoms with Crippen LogP contribution in [0.1, 0.15) is 53.0 Å². The van der Waals surface area contributed by atoms with E-state index >= 15 is 0 Å². The van der Waals surface area contributed by atoms with E-state index in [0.717, 1.165) is 24.9 Å². The summed E-state index contributed by atoms with van der Waals surface area (Å²) < 4.78 is 6.07. The first-order chi connectivity index (χ1) is 12.5. The van der Waals surface area contributed by atoms with Gasteiger partial charge in [0.15, 0.2) is 0 Å². The van der Waals surface area contributed by atoms with E-state index < -0.39 is 5.60 Å². The van der Waals surface area contributed by atoms with Crippen LogP contribution in [0.25, 0.3) is 0 Å². The van der Waals surface area contributed by atoms with Gasteiger partial charge >= 0.3 is 6.09 Å². The SMILES string of the molecule is CC(I)Cc1cnc(N)c(NC2CCN(C(=O)OC(C)(C)C)CCC2C)c1. The van der Waals surface area contributed by atoms with Crippen molar-refractivity contribution in [2.45, 2.75) is 69.4 Å². The summed E-state index contributed by atoms with van der Waals surface area (Å²) in [5.41, 5.74) is 7.72. The Balaban J connectivity index is 2.04. The van der Waals surface area contributed by atoms with E-state index in [0.29, 0.717) is 28.7 Å². The predicted molar refractivity (Wildman–Crippen MR) is 119 cm³/mol. The van der Waals surface area contributed by atoms with E-state index in [9.17, 15) is 4.79 Å². The van der Waals surface area contributed by atoms with Gasteiger partial charge in [0, 0.05) is 29.3 Å². The van der Waals surface area contributed by atoms with Gasteiger partial charge in [0.2, 0.25) is 0 Å². The third kappa shape index (κ3) is 7.01. The van der Waals surface area contributed by atoms with Crippen molar-refractivity contribution in [3.63, 3.8) is 0 Å². The molecule has 0 saturated carbocycles. The van der Waals surface area contributed by atoms with Gasteiger partial charge in [0.1, 0.15) is 11.4 Å². The maximum atomic E-state index is 12.4. The molecule has 1 fully saturated rings. The quantitative estimate of drug-likeness (QED) is 0.483. The highest BCUT2D eigenvalue weighted by molar-refractivity contribution is 14.1. The minimum Gasteiger partial charge on any atom is -0.444 e. The van der Waals surface area contributed by atoms with Gasteiger partial charge in [0.05, 0.1) is 5.69 Å². The zero-order valence-electron chi connectivity index (χ0n) is 17.1. The van der Waals surface area contributed by atoms with Crippen molar-refractivity contribution in [3.05, 3.63) is 17.8 Å². The van der Waals surface area contributed by atoms with Crippen LogP contribution in [-0.4, -0.2) is 44.6 Å². The molecule has 1 aliphatic rings. The van der Waals surface area contributed by atoms with Crippen molar-refractivity contribution >= 4 is 40.2 Å². The molecule has 0 aromatic carbocycles. The number of anilines is 2. The molecule has 27 heavy (non-hydrogen) atoms. The summed E-state index contributed by atoms with van der Waals surface area (Å²) in [4.78, 5) is 18.6. The standard InChI is InChI=1S/C20H33IN4O2/c1-13-6-8-25(19(26)27-20(3,4)5)9-7-16(13)24-17-11-15(10-14(2)21)12-23-18(17)22/h11-14,16,24H,6-10H2,1-5H3,(H2,22,23). The molecule has 152 valence electrons. The number of rotatable bonds is 4. The number of nitrogens with zero attached hydrogens (tertiary/aromatic N) is 2. The van der Waals surface area contributed by atoms with Crippen LogP contribution in [0.15, 0.2) is 12.3 Å². The minimum atomic E-state index is -0.469. The highest BCUT2D eigenvalue weighted by Crippen LogP contribution is 2.26. The van der Waals surface area contributed by atoms with Crippen molar-refractivity contribution < 1.29 is 9.53 Å². The number of ether oxygens (including phenoxy) is 1. The van der Waals surface area contributed by atoms with Gasteiger partial charge in [-0.25, -0.2) is 9.78 Å². The number of aromatic nitrogens is 1. The molecule has 3 N–H and O–H groups in total. The number of nitrogen functional groups attached to an aromatic ring is 1. The number of nitrogens with two attached hydrogens (primary N) is 1. The van der Waals surface area contributed by atoms with E-state index in [1.807, 2.05) is 31.9 Å². The average molecular weight is 488 g/mol. The van der Waals surface area contributed by atoms with Gasteiger partial charge < -0.3 is 20.7 Å². The monoisotopic (exact) mass is 488 g/mol. The van der Waals surface area contributed by atoms with E-state index in [1.165, 1.54) is 5.56 Å². The number of carbonyl (C=O) groups excluding carboxylic acids is 1. The fourth-order valence-electron chi connectivity index (χ4n) is 3.25. The first-order valence-corrected chi connectivity index (χ1v) is 10.9. The van der Waals surface area contributed by atoms with Crippen LogP contribution in [0.4, 0.5) is 16.3 Å². The van der Waals surface area contributed by atoms with Crippen molar-refractivity contribution in [2.75, 3.05) is 24.1 Å². The molecule has 1 aromatic heterocycles. The molecule has 1 aromatic rings. The van der Waals surface area contributed by atoms with Crippen LogP contribution in [0.5, 0.6) is 0 Å². The average Bonchev–Trinajstić information content (AvgIpc) is 2.71. The van der Waals surface area contributed by atoms with Crippen molar-refractivity contribution in [2.24, 2.45) is 5.92 Å². The molecule has 0 spiro atoms. The highest BCUT2D eigenvalue weighted by atomic mass is 127. The van der Waals surface area contributed by atoms with E-state index in [-0.39, 0.29) is 12.1 Å². The van der Waals surface area contributed by atoms with Crippen LogP contribution in [0.3, 0.4) is 0 Å². The Hall–Kier alpha value is -1.25. The predicted octanol–water partition coefficient (Wildman–Crippen LogP) is 4.48. The number of hydrogen-bond donors (Lipinski definition) is 2. The van der Waals surface area contributed by atoms with Crippen LogP contribution < -0.4 is 11.1 Å². The highest BCUT2D eigenvalue weighted by Gasteiger charge is 2.28. The Morgan fingerprint density at radius 1 is 1.44 bits per heavy atom. The van der Waals surface area contributed by atoms with Crippen LogP contribution in [0.2, 0.25) is 0 Å². The van der Waals surface area contributed by atoms with E-state index in [2.05, 4.69) is 52.8 Å². The number of amides is 1. The van der Waals surface area contributed by atoms with Crippen molar-refractivity contribution in [1.29, 1.82) is 0 Å². The lowest BCUT2D eigenvalue weighted by atomic mass is 9.96. The number of likely N-dealkylation sites (tertiary alicyclic amines) is 1. The molecule has 0 aliphatic carbocycles. The van der Waals surface area contributed by atoms with Crippen LogP contribution >= 0.6 is 22.6 Å². The molecule has 2 rings (SSSR count). The number of halogens is 1. The van der Waals surface area contributed by atoms with Gasteiger partial charge in [-0.2, -0.15) is 0 Å². The second kappa shape index (κ2) is 9.30. The third-order valence-electron chi connectivity index (χ3n) is 4.74. The second-order valence-corrected chi connectivity index (χ2v) is 10.7. The minimum absolute atomic E-state index is 0.227. The molecule has 2 heterocycles. The zero-order chi connectivity index (χ0) is 20.2. The summed E-state index contributed by atoms with van der Waals surface area (Å²) in [5, 5.41) is 3.59. The molecule has 1 saturated heterocycles. The fraction of sp³-hybridized carbons (Fsp3) is 0.700. The molecule has 1 amide bonds. The summed E-state index contributed by atoms with van der Waals surface area (Å²) in [7, 11) is 0. The molecule has 3 atom stereocenters. The summed E-state index contributed by atoms with van der Waals surface area (Å²) in [6, 6.07) is 2.36. The molecular formula is C20H33IN4O2. The zero-order valence-corrected chi connectivity index (χ0v) is 19.2. The Bertz CT molecular complexity index is 645. The number of nitrogens with one attached hydrogen (secondary N) is 1. The normalized spacial score (nSPS) is 22.1. The number of pyridine rings is 1. The lowest BCUT2D eigenvalue weighted by Crippen LogP contribution is -2.37. The Kier molecular flexibility index (Phi) is 7.59. The number of hydrogen-bond acceptors (Lipinski definition) is 5. The van der Waals surface area contributed by atoms with Gasteiger partial charge in [-0.3, -0.25) is 0 Å². The molecular weight excluding hydrogens is 455 g/mol. The van der Waals surface area contributed by atoms with E-state index in [4.69, 9.17) is 10.5 Å². The maximum absolute atomic E-state index is 12.4. The van der Waals surface area contributed by atoms with Crippen molar-refractivity contribution in [1.82, 2.24) is 9.88 Å². The van der Waals surface area contributed by atoms with Crippen molar-refractivity contribution in [3.8, 4) is 0 Å². The summed E-state index contributed by atoms with van der Waals surface area (Å²) in [5.74, 6) is 0.948. The maximum Gasteiger partial charge on any atom is 0.410 e. The van der Waals surface area contributed by atoms with E-state index in [1.54, 1.807) is 0 Å². The Morgan fingerprint density at radius 2 is 2.11 bits per heavy atom. The topological polar surface area (TPSA) is 80.5 Å². The van der Waals surface area contributed by atoms with Gasteiger partial charge in [0.25, 0.3) is 0 Å². The van der Waals surface area contributed by atoms with Crippen LogP contribution in [-0.2, 0) is 11.2 Å². The number of carbonyl (C=O) groups is 1. The lowest BCUT2D eigenvalue weighted by molar-refractivity contribution is 0.0255. The Labute approximate surface area is 176 Å². The molecule has 3 unspecified atom stereocenters. The van der Waals surface area contributed by atoms with Gasteiger partial charge in [-0.15, -0.1) is 0 Å². The van der Waals surface area contributed by atoms with Gasteiger partial charge in [-0.1, -0.05) is 36.4 Å². The summed E-state index contributed by atoms with van der Waals surface area (Å²) in [6.07, 6.45) is 4.38.